The second kappa shape index (κ2) is 6.24. The van der Waals surface area contributed by atoms with Crippen molar-refractivity contribution in [3.63, 3.8) is 0 Å². The molecule has 0 saturated carbocycles. The molecule has 0 radical (unpaired) electrons. The lowest BCUT2D eigenvalue weighted by Gasteiger charge is -2.34. The topological polar surface area (TPSA) is 56.4 Å². The Kier molecular flexibility index (Phi) is 4.17. The SMILES string of the molecule is O=C(c1cccs1)N1CCN(Cc2ccc(=O)[nH]c2)CC1. The molecule has 5 nitrogen and oxygen atoms in total. The van der Waals surface area contributed by atoms with Crippen molar-refractivity contribution >= 4 is 17.2 Å². The molecule has 2 aromatic rings. The average molecular weight is 303 g/mol. The number of rotatable bonds is 3. The molecule has 1 aliphatic rings. The summed E-state index contributed by atoms with van der Waals surface area (Å²) in [6.07, 6.45) is 1.76. The molecule has 1 N–H and O–H groups in total. The number of carbonyl (C=O) groups is 1. The van der Waals surface area contributed by atoms with Gasteiger partial charge in [-0.25, -0.2) is 0 Å². The molecule has 0 aromatic carbocycles. The summed E-state index contributed by atoms with van der Waals surface area (Å²) in [6, 6.07) is 7.18. The van der Waals surface area contributed by atoms with Crippen molar-refractivity contribution in [2.45, 2.75) is 6.54 Å². The van der Waals surface area contributed by atoms with Crippen molar-refractivity contribution in [1.82, 2.24) is 14.8 Å². The number of H-pyrrole nitrogens is 1. The molecule has 3 rings (SSSR count). The smallest absolute Gasteiger partial charge is 0.264 e. The molecule has 0 spiro atoms. The van der Waals surface area contributed by atoms with Crippen molar-refractivity contribution in [2.75, 3.05) is 26.2 Å². The fourth-order valence-electron chi connectivity index (χ4n) is 2.46. The number of piperazine rings is 1. The zero-order chi connectivity index (χ0) is 14.7. The van der Waals surface area contributed by atoms with E-state index in [1.54, 1.807) is 12.3 Å². The number of hydrogen-bond acceptors (Lipinski definition) is 4. The summed E-state index contributed by atoms with van der Waals surface area (Å²) < 4.78 is 0. The van der Waals surface area contributed by atoms with Crippen LogP contribution in [0.5, 0.6) is 0 Å². The summed E-state index contributed by atoms with van der Waals surface area (Å²) in [5.41, 5.74) is 1.01. The minimum absolute atomic E-state index is 0.0786. The van der Waals surface area contributed by atoms with Crippen LogP contribution in [-0.2, 0) is 6.54 Å². The molecule has 1 amide bonds. The van der Waals surface area contributed by atoms with E-state index >= 15 is 0 Å². The van der Waals surface area contributed by atoms with Crippen LogP contribution >= 0.6 is 11.3 Å². The molecule has 21 heavy (non-hydrogen) atoms. The van der Waals surface area contributed by atoms with E-state index < -0.39 is 0 Å². The predicted molar refractivity (Wildman–Crippen MR) is 82.6 cm³/mol. The van der Waals surface area contributed by atoms with Crippen molar-refractivity contribution in [3.8, 4) is 0 Å². The summed E-state index contributed by atoms with van der Waals surface area (Å²) in [6.45, 7) is 4.02. The van der Waals surface area contributed by atoms with Gasteiger partial charge in [0.1, 0.15) is 0 Å². The number of nitrogens with one attached hydrogen (secondary N) is 1. The van der Waals surface area contributed by atoms with Crippen molar-refractivity contribution in [2.24, 2.45) is 0 Å². The van der Waals surface area contributed by atoms with Gasteiger partial charge in [-0.3, -0.25) is 14.5 Å². The van der Waals surface area contributed by atoms with Crippen molar-refractivity contribution < 1.29 is 4.79 Å². The normalized spacial score (nSPS) is 16.1. The highest BCUT2D eigenvalue weighted by Crippen LogP contribution is 2.14. The summed E-state index contributed by atoms with van der Waals surface area (Å²) in [5.74, 6) is 0.133. The quantitative estimate of drug-likeness (QED) is 0.932. The molecule has 3 heterocycles. The van der Waals surface area contributed by atoms with Gasteiger partial charge in [0, 0.05) is 45.0 Å². The summed E-state index contributed by atoms with van der Waals surface area (Å²) >= 11 is 1.49. The lowest BCUT2D eigenvalue weighted by Crippen LogP contribution is -2.48. The number of thiophene rings is 1. The summed E-state index contributed by atoms with van der Waals surface area (Å²) in [4.78, 5) is 31.0. The van der Waals surface area contributed by atoms with Crippen LogP contribution in [0.15, 0.2) is 40.6 Å². The Morgan fingerprint density at radius 2 is 2.00 bits per heavy atom. The predicted octanol–water partition coefficient (Wildman–Crippen LogP) is 1.39. The zero-order valence-electron chi connectivity index (χ0n) is 11.6. The molecule has 0 bridgehead atoms. The van der Waals surface area contributed by atoms with Crippen LogP contribution in [-0.4, -0.2) is 46.9 Å². The molecule has 2 aromatic heterocycles. The van der Waals surface area contributed by atoms with Crippen LogP contribution in [0.25, 0.3) is 0 Å². The number of pyridine rings is 1. The van der Waals surface area contributed by atoms with Crippen LogP contribution < -0.4 is 5.56 Å². The Morgan fingerprint density at radius 1 is 1.19 bits per heavy atom. The van der Waals surface area contributed by atoms with Gasteiger partial charge < -0.3 is 9.88 Å². The maximum atomic E-state index is 12.2. The first-order valence-electron chi connectivity index (χ1n) is 6.95. The van der Waals surface area contributed by atoms with Gasteiger partial charge in [0.05, 0.1) is 4.88 Å². The molecule has 1 saturated heterocycles. The number of carbonyl (C=O) groups excluding carboxylic acids is 1. The highest BCUT2D eigenvalue weighted by atomic mass is 32.1. The van der Waals surface area contributed by atoms with Crippen molar-refractivity contribution in [1.29, 1.82) is 0 Å². The molecule has 110 valence electrons. The minimum atomic E-state index is -0.0786. The first kappa shape index (κ1) is 14.0. The van der Waals surface area contributed by atoms with Crippen LogP contribution in [0.3, 0.4) is 0 Å². The Balaban J connectivity index is 1.54. The van der Waals surface area contributed by atoms with Gasteiger partial charge in [-0.1, -0.05) is 12.1 Å². The van der Waals surface area contributed by atoms with Crippen LogP contribution in [0, 0.1) is 0 Å². The molecule has 0 atom stereocenters. The Hall–Kier alpha value is -1.92. The van der Waals surface area contributed by atoms with Gasteiger partial charge in [-0.2, -0.15) is 0 Å². The van der Waals surface area contributed by atoms with E-state index in [2.05, 4.69) is 9.88 Å². The van der Waals surface area contributed by atoms with Gasteiger partial charge in [-0.15, -0.1) is 11.3 Å². The summed E-state index contributed by atoms with van der Waals surface area (Å²) in [7, 11) is 0. The van der Waals surface area contributed by atoms with E-state index in [1.807, 2.05) is 28.5 Å². The summed E-state index contributed by atoms with van der Waals surface area (Å²) in [5, 5.41) is 1.93. The van der Waals surface area contributed by atoms with Gasteiger partial charge in [0.15, 0.2) is 0 Å². The van der Waals surface area contributed by atoms with E-state index in [9.17, 15) is 9.59 Å². The zero-order valence-corrected chi connectivity index (χ0v) is 12.4. The first-order chi connectivity index (χ1) is 10.2. The molecule has 0 aliphatic carbocycles. The van der Waals surface area contributed by atoms with Gasteiger partial charge >= 0.3 is 0 Å². The highest BCUT2D eigenvalue weighted by molar-refractivity contribution is 7.12. The molecule has 1 fully saturated rings. The fourth-order valence-corrected chi connectivity index (χ4v) is 3.16. The number of amides is 1. The molecule has 1 aliphatic heterocycles. The average Bonchev–Trinajstić information content (AvgIpc) is 3.04. The van der Waals surface area contributed by atoms with Crippen molar-refractivity contribution in [3.05, 3.63) is 56.6 Å². The maximum Gasteiger partial charge on any atom is 0.264 e. The Morgan fingerprint density at radius 3 is 2.62 bits per heavy atom. The second-order valence-corrected chi connectivity index (χ2v) is 6.05. The van der Waals surface area contributed by atoms with E-state index in [0.29, 0.717) is 0 Å². The van der Waals surface area contributed by atoms with Crippen LogP contribution in [0.4, 0.5) is 0 Å². The third-order valence-electron chi connectivity index (χ3n) is 3.65. The third-order valence-corrected chi connectivity index (χ3v) is 4.50. The third kappa shape index (κ3) is 3.40. The van der Waals surface area contributed by atoms with Crippen LogP contribution in [0.2, 0.25) is 0 Å². The second-order valence-electron chi connectivity index (χ2n) is 5.11. The minimum Gasteiger partial charge on any atom is -0.335 e. The van der Waals surface area contributed by atoms with E-state index in [0.717, 1.165) is 43.2 Å². The molecule has 6 heteroatoms. The van der Waals surface area contributed by atoms with Gasteiger partial charge in [0.2, 0.25) is 5.56 Å². The number of aromatic amines is 1. The fraction of sp³-hybridized carbons (Fsp3) is 0.333. The molecular weight excluding hydrogens is 286 g/mol. The first-order valence-corrected chi connectivity index (χ1v) is 7.83. The number of aromatic nitrogens is 1. The lowest BCUT2D eigenvalue weighted by molar-refractivity contribution is 0.0633. The largest absolute Gasteiger partial charge is 0.335 e. The molecular formula is C15H17N3O2S. The van der Waals surface area contributed by atoms with Gasteiger partial charge in [-0.05, 0) is 17.0 Å². The standard InChI is InChI=1S/C15H17N3O2S/c19-14-4-3-12(10-16-14)11-17-5-7-18(8-6-17)15(20)13-2-1-9-21-13/h1-4,9-10H,5-8,11H2,(H,16,19). The number of hydrogen-bond donors (Lipinski definition) is 1. The highest BCUT2D eigenvalue weighted by Gasteiger charge is 2.22. The molecule has 0 unspecified atom stereocenters. The van der Waals surface area contributed by atoms with E-state index in [-0.39, 0.29) is 11.5 Å². The van der Waals surface area contributed by atoms with E-state index in [1.165, 1.54) is 11.3 Å². The van der Waals surface area contributed by atoms with E-state index in [4.69, 9.17) is 0 Å². The number of nitrogens with zero attached hydrogens (tertiary/aromatic N) is 2. The lowest BCUT2D eigenvalue weighted by atomic mass is 10.2. The van der Waals surface area contributed by atoms with Crippen LogP contribution in [0.1, 0.15) is 15.2 Å². The Labute approximate surface area is 126 Å². The maximum absolute atomic E-state index is 12.2. The van der Waals surface area contributed by atoms with Gasteiger partial charge in [0.25, 0.3) is 5.91 Å². The monoisotopic (exact) mass is 303 g/mol. The Bertz CT molecular complexity index is 637.